The van der Waals surface area contributed by atoms with Crippen LogP contribution in [0, 0.1) is 5.41 Å². The van der Waals surface area contributed by atoms with E-state index in [1.165, 1.54) is 64.3 Å². The molecule has 0 aromatic carbocycles. The Kier molecular flexibility index (Phi) is 4.04. The highest BCUT2D eigenvalue weighted by Crippen LogP contribution is 2.35. The lowest BCUT2D eigenvalue weighted by molar-refractivity contribution is 0.184. The van der Waals surface area contributed by atoms with Crippen LogP contribution in [0.1, 0.15) is 57.8 Å². The topological polar surface area (TPSA) is 38.0 Å². The predicted octanol–water partition coefficient (Wildman–Crippen LogP) is 2.43. The van der Waals surface area contributed by atoms with Crippen molar-refractivity contribution < 1.29 is 0 Å². The molecule has 15 heavy (non-hydrogen) atoms. The number of hydrogen-bond donors (Lipinski definition) is 2. The Labute approximate surface area is 94.0 Å². The summed E-state index contributed by atoms with van der Waals surface area (Å²) in [7, 11) is 0. The van der Waals surface area contributed by atoms with E-state index in [1.54, 1.807) is 0 Å². The second-order valence-electron chi connectivity index (χ2n) is 5.63. The van der Waals surface area contributed by atoms with E-state index in [1.807, 2.05) is 0 Å². The number of rotatable bonds is 4. The Hall–Kier alpha value is -0.0800. The molecule has 0 heterocycles. The predicted molar refractivity (Wildman–Crippen MR) is 64.8 cm³/mol. The van der Waals surface area contributed by atoms with Gasteiger partial charge in [0.2, 0.25) is 0 Å². The molecule has 0 bridgehead atoms. The fourth-order valence-electron chi connectivity index (χ4n) is 3.25. The second kappa shape index (κ2) is 5.31. The van der Waals surface area contributed by atoms with E-state index in [0.717, 1.165) is 12.6 Å². The van der Waals surface area contributed by atoms with Crippen LogP contribution in [0.2, 0.25) is 0 Å². The highest BCUT2D eigenvalue weighted by molar-refractivity contribution is 4.87. The van der Waals surface area contributed by atoms with Gasteiger partial charge in [-0.2, -0.15) is 0 Å². The fourth-order valence-corrected chi connectivity index (χ4v) is 3.25. The third-order valence-corrected chi connectivity index (χ3v) is 4.47. The first kappa shape index (κ1) is 11.4. The van der Waals surface area contributed by atoms with E-state index < -0.39 is 0 Å². The van der Waals surface area contributed by atoms with Crippen LogP contribution in [-0.4, -0.2) is 19.1 Å². The molecule has 0 atom stereocenters. The molecular formula is C13H26N2. The molecule has 2 nitrogen and oxygen atoms in total. The zero-order valence-electron chi connectivity index (χ0n) is 9.93. The quantitative estimate of drug-likeness (QED) is 0.748. The maximum absolute atomic E-state index is 5.98. The van der Waals surface area contributed by atoms with Crippen molar-refractivity contribution in [3.63, 3.8) is 0 Å². The molecule has 0 aromatic rings. The molecule has 2 aliphatic rings. The van der Waals surface area contributed by atoms with Crippen LogP contribution in [0.4, 0.5) is 0 Å². The lowest BCUT2D eigenvalue weighted by Gasteiger charge is -2.37. The summed E-state index contributed by atoms with van der Waals surface area (Å²) >= 11 is 0. The van der Waals surface area contributed by atoms with Crippen LogP contribution in [0.3, 0.4) is 0 Å². The minimum absolute atomic E-state index is 0.445. The van der Waals surface area contributed by atoms with E-state index in [-0.39, 0.29) is 0 Å². The Balaban J connectivity index is 1.78. The van der Waals surface area contributed by atoms with Crippen molar-refractivity contribution in [1.29, 1.82) is 0 Å². The van der Waals surface area contributed by atoms with Gasteiger partial charge in [-0.1, -0.05) is 32.1 Å². The summed E-state index contributed by atoms with van der Waals surface area (Å²) in [6.07, 6.45) is 12.5. The average molecular weight is 210 g/mol. The van der Waals surface area contributed by atoms with Gasteiger partial charge in [0, 0.05) is 12.6 Å². The van der Waals surface area contributed by atoms with Gasteiger partial charge >= 0.3 is 0 Å². The minimum atomic E-state index is 0.445. The molecule has 0 spiro atoms. The van der Waals surface area contributed by atoms with Gasteiger partial charge in [0.1, 0.15) is 0 Å². The highest BCUT2D eigenvalue weighted by Gasteiger charge is 2.31. The van der Waals surface area contributed by atoms with Crippen molar-refractivity contribution in [3.8, 4) is 0 Å². The van der Waals surface area contributed by atoms with E-state index in [4.69, 9.17) is 5.73 Å². The van der Waals surface area contributed by atoms with Gasteiger partial charge in [0.15, 0.2) is 0 Å². The third kappa shape index (κ3) is 2.94. The molecule has 3 N–H and O–H groups in total. The summed E-state index contributed by atoms with van der Waals surface area (Å²) in [6, 6.07) is 0.801. The molecule has 2 fully saturated rings. The summed E-state index contributed by atoms with van der Waals surface area (Å²) in [6.45, 7) is 2.06. The van der Waals surface area contributed by atoms with E-state index in [9.17, 15) is 0 Å². The first-order valence-corrected chi connectivity index (χ1v) is 6.78. The van der Waals surface area contributed by atoms with Crippen LogP contribution < -0.4 is 11.1 Å². The Morgan fingerprint density at radius 2 is 1.67 bits per heavy atom. The SMILES string of the molecule is NCC1(CNC2CCCC2)CCCCC1. The maximum Gasteiger partial charge on any atom is 0.00673 e. The third-order valence-electron chi connectivity index (χ3n) is 4.47. The lowest BCUT2D eigenvalue weighted by Crippen LogP contribution is -2.44. The molecular weight excluding hydrogens is 184 g/mol. The number of nitrogens with two attached hydrogens (primary N) is 1. The summed E-state index contributed by atoms with van der Waals surface area (Å²) < 4.78 is 0. The zero-order chi connectivity index (χ0) is 10.6. The van der Waals surface area contributed by atoms with E-state index >= 15 is 0 Å². The molecule has 2 heteroatoms. The Morgan fingerprint density at radius 1 is 1.00 bits per heavy atom. The molecule has 2 aliphatic carbocycles. The van der Waals surface area contributed by atoms with Crippen molar-refractivity contribution in [2.75, 3.05) is 13.1 Å². The Morgan fingerprint density at radius 3 is 2.27 bits per heavy atom. The molecule has 88 valence electrons. The van der Waals surface area contributed by atoms with Gasteiger partial charge in [0.05, 0.1) is 0 Å². The van der Waals surface area contributed by atoms with Crippen LogP contribution in [0.5, 0.6) is 0 Å². The standard InChI is InChI=1S/C13H26N2/c14-10-13(8-4-1-5-9-13)11-15-12-6-2-3-7-12/h12,15H,1-11,14H2. The molecule has 0 saturated heterocycles. The van der Waals surface area contributed by atoms with Crippen LogP contribution in [0.15, 0.2) is 0 Å². The van der Waals surface area contributed by atoms with Crippen molar-refractivity contribution >= 4 is 0 Å². The molecule has 2 rings (SSSR count). The molecule has 0 radical (unpaired) electrons. The normalized spacial score (nSPS) is 27.0. The summed E-state index contributed by atoms with van der Waals surface area (Å²) in [5.41, 5.74) is 6.43. The molecule has 0 aliphatic heterocycles. The van der Waals surface area contributed by atoms with Gasteiger partial charge in [-0.15, -0.1) is 0 Å². The van der Waals surface area contributed by atoms with Gasteiger partial charge in [0.25, 0.3) is 0 Å². The van der Waals surface area contributed by atoms with Crippen molar-refractivity contribution in [2.24, 2.45) is 11.1 Å². The van der Waals surface area contributed by atoms with Crippen molar-refractivity contribution in [1.82, 2.24) is 5.32 Å². The number of nitrogens with one attached hydrogen (secondary N) is 1. The van der Waals surface area contributed by atoms with Crippen molar-refractivity contribution in [2.45, 2.75) is 63.8 Å². The maximum atomic E-state index is 5.98. The minimum Gasteiger partial charge on any atom is -0.330 e. The monoisotopic (exact) mass is 210 g/mol. The first-order chi connectivity index (χ1) is 7.35. The molecule has 2 saturated carbocycles. The highest BCUT2D eigenvalue weighted by atomic mass is 14.9. The second-order valence-corrected chi connectivity index (χ2v) is 5.63. The Bertz CT molecular complexity index is 179. The summed E-state index contributed by atoms with van der Waals surface area (Å²) in [5.74, 6) is 0. The number of hydrogen-bond acceptors (Lipinski definition) is 2. The average Bonchev–Trinajstić information content (AvgIpc) is 2.81. The summed E-state index contributed by atoms with van der Waals surface area (Å²) in [5, 5.41) is 3.76. The van der Waals surface area contributed by atoms with Crippen LogP contribution >= 0.6 is 0 Å². The smallest absolute Gasteiger partial charge is 0.00673 e. The molecule has 0 unspecified atom stereocenters. The fraction of sp³-hybridized carbons (Fsp3) is 1.00. The molecule has 0 amide bonds. The summed E-state index contributed by atoms with van der Waals surface area (Å²) in [4.78, 5) is 0. The molecule has 0 aromatic heterocycles. The van der Waals surface area contributed by atoms with Crippen LogP contribution in [-0.2, 0) is 0 Å². The van der Waals surface area contributed by atoms with Gasteiger partial charge in [-0.05, 0) is 37.6 Å². The van der Waals surface area contributed by atoms with Gasteiger partial charge < -0.3 is 11.1 Å². The van der Waals surface area contributed by atoms with Gasteiger partial charge in [-0.25, -0.2) is 0 Å². The van der Waals surface area contributed by atoms with E-state index in [0.29, 0.717) is 5.41 Å². The largest absolute Gasteiger partial charge is 0.330 e. The van der Waals surface area contributed by atoms with Gasteiger partial charge in [-0.3, -0.25) is 0 Å². The zero-order valence-corrected chi connectivity index (χ0v) is 9.93. The lowest BCUT2D eigenvalue weighted by atomic mass is 9.74. The van der Waals surface area contributed by atoms with E-state index in [2.05, 4.69) is 5.32 Å². The van der Waals surface area contributed by atoms with Crippen molar-refractivity contribution in [3.05, 3.63) is 0 Å². The van der Waals surface area contributed by atoms with Crippen LogP contribution in [0.25, 0.3) is 0 Å². The first-order valence-electron chi connectivity index (χ1n) is 6.78.